The fourth-order valence-corrected chi connectivity index (χ4v) is 5.36. The van der Waals surface area contributed by atoms with Crippen LogP contribution in [0.5, 0.6) is 0 Å². The van der Waals surface area contributed by atoms with Crippen LogP contribution in [-0.2, 0) is 22.6 Å². The zero-order chi connectivity index (χ0) is 28.2. The van der Waals surface area contributed by atoms with Crippen LogP contribution in [0.4, 0.5) is 5.69 Å². The number of carbonyl (C=O) groups is 3. The third kappa shape index (κ3) is 5.62. The van der Waals surface area contributed by atoms with Crippen LogP contribution >= 0.6 is 0 Å². The average Bonchev–Trinajstić information content (AvgIpc) is 3.23. The third-order valence-electron chi connectivity index (χ3n) is 7.65. The second kappa shape index (κ2) is 11.7. The van der Waals surface area contributed by atoms with E-state index in [-0.39, 0.29) is 36.9 Å². The fourth-order valence-electron chi connectivity index (χ4n) is 5.36. The summed E-state index contributed by atoms with van der Waals surface area (Å²) in [6.45, 7) is 6.09. The lowest BCUT2D eigenvalue weighted by molar-refractivity contribution is -0.140. The Morgan fingerprint density at radius 1 is 0.900 bits per heavy atom. The van der Waals surface area contributed by atoms with Crippen molar-refractivity contribution < 1.29 is 14.4 Å². The van der Waals surface area contributed by atoms with Crippen LogP contribution in [-0.4, -0.2) is 41.2 Å². The average molecular weight is 534 g/mol. The molecule has 5 rings (SSSR count). The van der Waals surface area contributed by atoms with Crippen molar-refractivity contribution in [2.45, 2.75) is 52.2 Å². The van der Waals surface area contributed by atoms with Crippen molar-refractivity contribution in [2.24, 2.45) is 0 Å². The van der Waals surface area contributed by atoms with E-state index in [0.29, 0.717) is 12.0 Å². The standard InChI is InChI=1S/C34H35N3O3/c1-4-24(3)35-33(39)30(20-25-12-6-5-7-13-25)36(21-26-14-8-11-23(2)19-26)31(38)22-37-29-18-10-16-27-15-9-17-28(32(27)29)34(37)40/h5-19,24,30H,4,20-22H2,1-3H3,(H,35,39)/t24-,30-/m0/s1. The quantitative estimate of drug-likeness (QED) is 0.286. The van der Waals surface area contributed by atoms with Crippen molar-refractivity contribution in [1.29, 1.82) is 0 Å². The molecule has 1 heterocycles. The first-order valence-corrected chi connectivity index (χ1v) is 13.9. The summed E-state index contributed by atoms with van der Waals surface area (Å²) in [6.07, 6.45) is 1.14. The van der Waals surface area contributed by atoms with Gasteiger partial charge in [0.2, 0.25) is 11.8 Å². The molecule has 3 amide bonds. The van der Waals surface area contributed by atoms with Crippen molar-refractivity contribution >= 4 is 34.2 Å². The summed E-state index contributed by atoms with van der Waals surface area (Å²) in [7, 11) is 0. The van der Waals surface area contributed by atoms with Crippen molar-refractivity contribution in [3.8, 4) is 0 Å². The zero-order valence-corrected chi connectivity index (χ0v) is 23.3. The number of benzene rings is 4. The summed E-state index contributed by atoms with van der Waals surface area (Å²) in [4.78, 5) is 44.7. The number of hydrogen-bond acceptors (Lipinski definition) is 3. The Bertz CT molecular complexity index is 1540. The molecule has 40 heavy (non-hydrogen) atoms. The van der Waals surface area contributed by atoms with Crippen molar-refractivity contribution in [2.75, 3.05) is 11.4 Å². The molecule has 0 saturated heterocycles. The fraction of sp³-hybridized carbons (Fsp3) is 0.265. The van der Waals surface area contributed by atoms with E-state index in [1.54, 1.807) is 15.9 Å². The van der Waals surface area contributed by atoms with Gasteiger partial charge in [-0.2, -0.15) is 0 Å². The number of hydrogen-bond donors (Lipinski definition) is 1. The second-order valence-corrected chi connectivity index (χ2v) is 10.6. The molecule has 0 bridgehead atoms. The molecule has 4 aromatic carbocycles. The van der Waals surface area contributed by atoms with Crippen LogP contribution in [0.25, 0.3) is 10.8 Å². The van der Waals surface area contributed by atoms with Gasteiger partial charge in [0, 0.05) is 30.0 Å². The van der Waals surface area contributed by atoms with E-state index in [9.17, 15) is 14.4 Å². The lowest BCUT2D eigenvalue weighted by Crippen LogP contribution is -2.54. The highest BCUT2D eigenvalue weighted by atomic mass is 16.2. The van der Waals surface area contributed by atoms with Gasteiger partial charge in [-0.3, -0.25) is 19.3 Å². The summed E-state index contributed by atoms with van der Waals surface area (Å²) in [6, 6.07) is 28.3. The van der Waals surface area contributed by atoms with Gasteiger partial charge in [-0.1, -0.05) is 91.3 Å². The van der Waals surface area contributed by atoms with Gasteiger partial charge in [-0.05, 0) is 48.9 Å². The Morgan fingerprint density at radius 2 is 1.60 bits per heavy atom. The monoisotopic (exact) mass is 533 g/mol. The normalized spacial score (nSPS) is 13.8. The molecule has 0 aromatic heterocycles. The molecule has 6 nitrogen and oxygen atoms in total. The Hall–Kier alpha value is -4.45. The maximum atomic E-state index is 14.2. The number of rotatable bonds is 10. The highest BCUT2D eigenvalue weighted by molar-refractivity contribution is 6.26. The molecule has 1 aliphatic heterocycles. The van der Waals surface area contributed by atoms with Crippen LogP contribution in [0, 0.1) is 6.92 Å². The molecule has 0 aliphatic carbocycles. The van der Waals surface area contributed by atoms with E-state index in [1.165, 1.54) is 0 Å². The van der Waals surface area contributed by atoms with E-state index < -0.39 is 6.04 Å². The molecule has 0 spiro atoms. The van der Waals surface area contributed by atoms with E-state index >= 15 is 0 Å². The molecular weight excluding hydrogens is 498 g/mol. The Labute approximate surface area is 235 Å². The molecule has 0 saturated carbocycles. The summed E-state index contributed by atoms with van der Waals surface area (Å²) in [5.41, 5.74) is 4.29. The SMILES string of the molecule is CC[C@H](C)NC(=O)[C@H](Cc1ccccc1)N(Cc1cccc(C)c1)C(=O)CN1C(=O)c2cccc3cccc1c23. The van der Waals surface area contributed by atoms with Gasteiger partial charge >= 0.3 is 0 Å². The molecule has 2 atom stereocenters. The largest absolute Gasteiger partial charge is 0.352 e. The van der Waals surface area contributed by atoms with Crippen LogP contribution in [0.15, 0.2) is 91.0 Å². The molecule has 4 aromatic rings. The number of nitrogens with zero attached hydrogens (tertiary/aromatic N) is 2. The smallest absolute Gasteiger partial charge is 0.259 e. The summed E-state index contributed by atoms with van der Waals surface area (Å²) in [5.74, 6) is -0.670. The summed E-state index contributed by atoms with van der Waals surface area (Å²) < 4.78 is 0. The highest BCUT2D eigenvalue weighted by Crippen LogP contribution is 2.37. The van der Waals surface area contributed by atoms with Crippen LogP contribution in [0.3, 0.4) is 0 Å². The lowest BCUT2D eigenvalue weighted by atomic mass is 10.0. The third-order valence-corrected chi connectivity index (χ3v) is 7.65. The molecule has 204 valence electrons. The first-order chi connectivity index (χ1) is 19.4. The van der Waals surface area contributed by atoms with Gasteiger partial charge in [-0.15, -0.1) is 0 Å². The maximum Gasteiger partial charge on any atom is 0.259 e. The Morgan fingerprint density at radius 3 is 2.33 bits per heavy atom. The van der Waals surface area contributed by atoms with Gasteiger partial charge in [0.25, 0.3) is 5.91 Å². The molecule has 0 radical (unpaired) electrons. The number of carbonyl (C=O) groups excluding carboxylic acids is 3. The molecule has 0 fully saturated rings. The number of nitrogens with one attached hydrogen (secondary N) is 1. The Balaban J connectivity index is 1.51. The minimum atomic E-state index is -0.750. The molecule has 6 heteroatoms. The van der Waals surface area contributed by atoms with E-state index in [2.05, 4.69) is 5.32 Å². The van der Waals surface area contributed by atoms with Crippen molar-refractivity contribution in [3.63, 3.8) is 0 Å². The zero-order valence-electron chi connectivity index (χ0n) is 23.3. The molecular formula is C34H35N3O3. The van der Waals surface area contributed by atoms with E-state index in [0.717, 1.165) is 39.6 Å². The van der Waals surface area contributed by atoms with Crippen LogP contribution in [0.1, 0.15) is 47.3 Å². The first-order valence-electron chi connectivity index (χ1n) is 13.9. The number of anilines is 1. The Kier molecular flexibility index (Phi) is 7.96. The van der Waals surface area contributed by atoms with Gasteiger partial charge < -0.3 is 10.2 Å². The van der Waals surface area contributed by atoms with E-state index in [1.807, 2.05) is 106 Å². The van der Waals surface area contributed by atoms with Gasteiger partial charge in [-0.25, -0.2) is 0 Å². The predicted molar refractivity (Wildman–Crippen MR) is 159 cm³/mol. The molecule has 1 aliphatic rings. The van der Waals surface area contributed by atoms with Gasteiger partial charge in [0.1, 0.15) is 12.6 Å². The summed E-state index contributed by atoms with van der Waals surface area (Å²) >= 11 is 0. The topological polar surface area (TPSA) is 69.7 Å². The highest BCUT2D eigenvalue weighted by Gasteiger charge is 2.36. The minimum Gasteiger partial charge on any atom is -0.352 e. The van der Waals surface area contributed by atoms with Crippen LogP contribution < -0.4 is 10.2 Å². The van der Waals surface area contributed by atoms with Crippen LogP contribution in [0.2, 0.25) is 0 Å². The van der Waals surface area contributed by atoms with Crippen molar-refractivity contribution in [1.82, 2.24) is 10.2 Å². The summed E-state index contributed by atoms with van der Waals surface area (Å²) in [5, 5.41) is 4.93. The van der Waals surface area contributed by atoms with E-state index in [4.69, 9.17) is 0 Å². The molecule has 1 N–H and O–H groups in total. The molecule has 0 unspecified atom stereocenters. The maximum absolute atomic E-state index is 14.2. The van der Waals surface area contributed by atoms with Crippen molar-refractivity contribution in [3.05, 3.63) is 113 Å². The number of amides is 3. The van der Waals surface area contributed by atoms with Gasteiger partial charge in [0.05, 0.1) is 5.69 Å². The lowest BCUT2D eigenvalue weighted by Gasteiger charge is -2.33. The number of aryl methyl sites for hydroxylation is 1. The predicted octanol–water partition coefficient (Wildman–Crippen LogP) is 5.66. The second-order valence-electron chi connectivity index (χ2n) is 10.6. The van der Waals surface area contributed by atoms with Gasteiger partial charge in [0.15, 0.2) is 0 Å². The minimum absolute atomic E-state index is 0.0334. The first kappa shape index (κ1) is 27.1.